The Morgan fingerprint density at radius 3 is 1.57 bits per heavy atom. The third kappa shape index (κ3) is 21.1. The van der Waals surface area contributed by atoms with Crippen LogP contribution >= 0.6 is 0 Å². The number of unbranched alkanes of at least 4 members (excludes halogenated alkanes) is 11. The summed E-state index contributed by atoms with van der Waals surface area (Å²) in [5.41, 5.74) is 0. The molecule has 0 unspecified atom stereocenters. The maximum absolute atomic E-state index is 12.0. The van der Waals surface area contributed by atoms with Crippen LogP contribution in [0, 0.1) is 12.1 Å². The van der Waals surface area contributed by atoms with Crippen LogP contribution in [0.4, 0.5) is 0 Å². The van der Waals surface area contributed by atoms with E-state index in [-0.39, 0.29) is 35.5 Å². The molecular formula is C24H50N2NaO. The minimum absolute atomic E-state index is 0. The molecule has 28 heavy (non-hydrogen) atoms. The Bertz CT molecular complexity index is 335. The van der Waals surface area contributed by atoms with Gasteiger partial charge in [0.05, 0.1) is 0 Å². The van der Waals surface area contributed by atoms with Gasteiger partial charge in [-0.2, -0.15) is 0 Å². The molecule has 0 spiro atoms. The molecule has 0 atom stereocenters. The van der Waals surface area contributed by atoms with E-state index in [1.165, 1.54) is 77.0 Å². The van der Waals surface area contributed by atoms with Crippen molar-refractivity contribution in [1.82, 2.24) is 10.2 Å². The van der Waals surface area contributed by atoms with Gasteiger partial charge in [0.25, 0.3) is 0 Å². The molecule has 1 radical (unpaired) electrons. The molecule has 4 heteroatoms. The number of rotatable bonds is 19. The molecule has 1 N–H and O–H groups in total. The van der Waals surface area contributed by atoms with Gasteiger partial charge in [0, 0.05) is 6.42 Å². The molecule has 0 aliphatic heterocycles. The van der Waals surface area contributed by atoms with Gasteiger partial charge in [-0.25, -0.2) is 0 Å². The van der Waals surface area contributed by atoms with Crippen LogP contribution in [-0.2, 0) is 4.79 Å². The second-order valence-electron chi connectivity index (χ2n) is 8.81. The minimum atomic E-state index is 0. The SMILES string of the molecule is CCC[C](NC(=O)CCCCCCCCCCCCCCC(C)C)N(C)C.[NaH]. The van der Waals surface area contributed by atoms with Gasteiger partial charge in [-0.15, -0.1) is 0 Å². The molecule has 0 bridgehead atoms. The fourth-order valence-corrected chi connectivity index (χ4v) is 3.46. The van der Waals surface area contributed by atoms with E-state index < -0.39 is 0 Å². The van der Waals surface area contributed by atoms with Crippen molar-refractivity contribution < 1.29 is 4.79 Å². The van der Waals surface area contributed by atoms with Gasteiger partial charge in [0.15, 0.2) is 0 Å². The molecule has 1 amide bonds. The summed E-state index contributed by atoms with van der Waals surface area (Å²) in [6, 6.07) is 0. The van der Waals surface area contributed by atoms with Gasteiger partial charge >= 0.3 is 29.6 Å². The van der Waals surface area contributed by atoms with Crippen LogP contribution in [0.5, 0.6) is 0 Å². The fourth-order valence-electron chi connectivity index (χ4n) is 3.46. The van der Waals surface area contributed by atoms with E-state index in [4.69, 9.17) is 0 Å². The average Bonchev–Trinajstić information content (AvgIpc) is 2.61. The zero-order chi connectivity index (χ0) is 20.3. The summed E-state index contributed by atoms with van der Waals surface area (Å²) in [6.07, 6.45) is 21.2. The zero-order valence-electron chi connectivity index (χ0n) is 19.2. The van der Waals surface area contributed by atoms with Crippen molar-refractivity contribution in [3.63, 3.8) is 0 Å². The van der Waals surface area contributed by atoms with Crippen molar-refractivity contribution in [2.75, 3.05) is 14.1 Å². The molecule has 0 aliphatic rings. The summed E-state index contributed by atoms with van der Waals surface area (Å²) in [5, 5.41) is 3.07. The Kier molecular flexibility index (Phi) is 24.2. The number of amides is 1. The first-order chi connectivity index (χ1) is 13.0. The monoisotopic (exact) mass is 405 g/mol. The first kappa shape index (κ1) is 30.6. The van der Waals surface area contributed by atoms with Crippen molar-refractivity contribution in [2.24, 2.45) is 5.92 Å². The van der Waals surface area contributed by atoms with Crippen molar-refractivity contribution in [2.45, 2.75) is 124 Å². The molecule has 0 aromatic carbocycles. The number of hydrogen-bond acceptors (Lipinski definition) is 2. The molecule has 0 saturated carbocycles. The maximum atomic E-state index is 12.0. The molecule has 0 aromatic heterocycles. The summed E-state index contributed by atoms with van der Waals surface area (Å²) in [4.78, 5) is 14.0. The summed E-state index contributed by atoms with van der Waals surface area (Å²) in [6.45, 7) is 6.79. The Balaban J connectivity index is 0. The molecule has 0 fully saturated rings. The van der Waals surface area contributed by atoms with E-state index >= 15 is 0 Å². The van der Waals surface area contributed by atoms with Crippen LogP contribution in [0.15, 0.2) is 0 Å². The molecule has 163 valence electrons. The summed E-state index contributed by atoms with van der Waals surface area (Å²) in [7, 11) is 4.00. The second-order valence-corrected chi connectivity index (χ2v) is 8.81. The molecule has 3 nitrogen and oxygen atoms in total. The standard InChI is InChI=1S/C24H49N2O.Na.H/c1-6-19-23(26(4)5)25-24(27)21-18-16-14-12-10-8-7-9-11-13-15-17-20-22(2)3;;/h22H,6-21H2,1-5H3,(H,25,27);;. The van der Waals surface area contributed by atoms with Crippen molar-refractivity contribution in [1.29, 1.82) is 0 Å². The summed E-state index contributed by atoms with van der Waals surface area (Å²) < 4.78 is 0. The van der Waals surface area contributed by atoms with Gasteiger partial charge in [0.2, 0.25) is 5.91 Å². The van der Waals surface area contributed by atoms with Crippen molar-refractivity contribution in [3.8, 4) is 0 Å². The van der Waals surface area contributed by atoms with Gasteiger partial charge < -0.3 is 5.32 Å². The third-order valence-corrected chi connectivity index (χ3v) is 5.25. The molecule has 0 saturated heterocycles. The predicted molar refractivity (Wildman–Crippen MR) is 127 cm³/mol. The first-order valence-corrected chi connectivity index (χ1v) is 11.8. The van der Waals surface area contributed by atoms with E-state index in [0.717, 1.165) is 31.3 Å². The quantitative estimate of drug-likeness (QED) is 0.198. The van der Waals surface area contributed by atoms with E-state index in [2.05, 4.69) is 26.1 Å². The number of nitrogens with zero attached hydrogens (tertiary/aromatic N) is 1. The molecule has 0 aliphatic carbocycles. The predicted octanol–water partition coefficient (Wildman–Crippen LogP) is 6.42. The van der Waals surface area contributed by atoms with E-state index in [1.54, 1.807) is 0 Å². The second kappa shape index (κ2) is 22.1. The zero-order valence-corrected chi connectivity index (χ0v) is 19.2. The Morgan fingerprint density at radius 1 is 0.750 bits per heavy atom. The summed E-state index contributed by atoms with van der Waals surface area (Å²) in [5.74, 6) is 1.05. The Hall–Kier alpha value is 0.430. The molecule has 0 aromatic rings. The van der Waals surface area contributed by atoms with Crippen LogP contribution in [0.1, 0.15) is 124 Å². The Labute approximate surface area is 199 Å². The topological polar surface area (TPSA) is 32.3 Å². The van der Waals surface area contributed by atoms with Crippen molar-refractivity contribution >= 4 is 35.5 Å². The van der Waals surface area contributed by atoms with Crippen LogP contribution in [0.25, 0.3) is 0 Å². The number of carbonyl (C=O) groups excluding carboxylic acids is 1. The van der Waals surface area contributed by atoms with Crippen LogP contribution in [0.3, 0.4) is 0 Å². The number of carbonyl (C=O) groups is 1. The van der Waals surface area contributed by atoms with E-state index in [9.17, 15) is 4.79 Å². The van der Waals surface area contributed by atoms with Crippen LogP contribution in [0.2, 0.25) is 0 Å². The fraction of sp³-hybridized carbons (Fsp3) is 0.917. The van der Waals surface area contributed by atoms with Crippen molar-refractivity contribution in [3.05, 3.63) is 6.17 Å². The molecular weight excluding hydrogens is 355 g/mol. The van der Waals surface area contributed by atoms with Crippen LogP contribution < -0.4 is 5.32 Å². The first-order valence-electron chi connectivity index (χ1n) is 11.8. The molecule has 0 rings (SSSR count). The Morgan fingerprint density at radius 2 is 1.18 bits per heavy atom. The van der Waals surface area contributed by atoms with Gasteiger partial charge in [-0.05, 0) is 32.9 Å². The van der Waals surface area contributed by atoms with Gasteiger partial charge in [-0.3, -0.25) is 9.69 Å². The van der Waals surface area contributed by atoms with Crippen LogP contribution in [-0.4, -0.2) is 54.5 Å². The molecule has 0 heterocycles. The third-order valence-electron chi connectivity index (χ3n) is 5.25. The number of nitrogens with one attached hydrogen (secondary N) is 1. The van der Waals surface area contributed by atoms with E-state index in [0.29, 0.717) is 6.42 Å². The summed E-state index contributed by atoms with van der Waals surface area (Å²) >= 11 is 0. The van der Waals surface area contributed by atoms with E-state index in [1.807, 2.05) is 19.0 Å². The van der Waals surface area contributed by atoms with Gasteiger partial charge in [-0.1, -0.05) is 104 Å². The average molecular weight is 406 g/mol. The number of hydrogen-bond donors (Lipinski definition) is 1. The van der Waals surface area contributed by atoms with Gasteiger partial charge in [0.1, 0.15) is 6.17 Å². The normalized spacial score (nSPS) is 11.3.